The topological polar surface area (TPSA) is 89.9 Å². The van der Waals surface area contributed by atoms with Crippen LogP contribution in [0.5, 0.6) is 0 Å². The molecule has 0 aliphatic rings. The van der Waals surface area contributed by atoms with Gasteiger partial charge in [0, 0.05) is 35.6 Å². The van der Waals surface area contributed by atoms with Crippen molar-refractivity contribution >= 4 is 27.8 Å². The molecule has 0 fully saturated rings. The molecule has 3 rings (SSSR count). The van der Waals surface area contributed by atoms with Crippen LogP contribution in [0.4, 0.5) is 5.82 Å². The molecule has 0 saturated carbocycles. The van der Waals surface area contributed by atoms with Crippen molar-refractivity contribution < 1.29 is 5.11 Å². The highest BCUT2D eigenvalue weighted by atomic mass is 16.3. The second-order valence-electron chi connectivity index (χ2n) is 5.85. The number of hydrogen-bond donors (Lipinski definition) is 2. The molecule has 0 saturated heterocycles. The maximum absolute atomic E-state index is 10.2. The SMILES string of the molecule is CCn1nc2c(N)nc3ncccc3c2c1CC(C)(C)O. The number of aliphatic hydroxyl groups is 1. The molecule has 0 bridgehead atoms. The van der Waals surface area contributed by atoms with Crippen LogP contribution in [0.3, 0.4) is 0 Å². The highest BCUT2D eigenvalue weighted by Gasteiger charge is 2.23. The van der Waals surface area contributed by atoms with E-state index in [0.29, 0.717) is 29.9 Å². The van der Waals surface area contributed by atoms with Crippen molar-refractivity contribution in [1.82, 2.24) is 19.7 Å². The number of nitrogens with two attached hydrogens (primary N) is 1. The Bertz CT molecular complexity index is 816. The van der Waals surface area contributed by atoms with Crippen LogP contribution < -0.4 is 5.73 Å². The van der Waals surface area contributed by atoms with E-state index in [2.05, 4.69) is 15.1 Å². The van der Waals surface area contributed by atoms with E-state index >= 15 is 0 Å². The molecule has 0 unspecified atom stereocenters. The van der Waals surface area contributed by atoms with Crippen molar-refractivity contribution in [3.8, 4) is 0 Å². The fourth-order valence-corrected chi connectivity index (χ4v) is 2.66. The summed E-state index contributed by atoms with van der Waals surface area (Å²) in [4.78, 5) is 8.59. The molecule has 0 aromatic carbocycles. The Morgan fingerprint density at radius 3 is 2.81 bits per heavy atom. The zero-order valence-electron chi connectivity index (χ0n) is 12.5. The van der Waals surface area contributed by atoms with Gasteiger partial charge in [-0.05, 0) is 32.9 Å². The highest BCUT2D eigenvalue weighted by molar-refractivity contribution is 6.08. The van der Waals surface area contributed by atoms with E-state index in [1.165, 1.54) is 0 Å². The van der Waals surface area contributed by atoms with E-state index in [-0.39, 0.29) is 0 Å². The standard InChI is InChI=1S/C15H19N5O/c1-4-20-10(8-15(2,3)21)11-9-6-5-7-17-14(9)18-13(16)12(11)19-20/h5-7,21H,4,8H2,1-3H3,(H2,16,17,18). The van der Waals surface area contributed by atoms with Gasteiger partial charge in [-0.25, -0.2) is 9.97 Å². The Kier molecular flexibility index (Phi) is 3.06. The number of anilines is 1. The Morgan fingerprint density at radius 2 is 2.14 bits per heavy atom. The maximum Gasteiger partial charge on any atom is 0.162 e. The third-order valence-electron chi connectivity index (χ3n) is 3.48. The molecule has 6 nitrogen and oxygen atoms in total. The summed E-state index contributed by atoms with van der Waals surface area (Å²) in [6, 6.07) is 3.84. The molecule has 3 heterocycles. The molecule has 3 aromatic rings. The van der Waals surface area contributed by atoms with Gasteiger partial charge in [0.1, 0.15) is 5.52 Å². The lowest BCUT2D eigenvalue weighted by atomic mass is 9.99. The second-order valence-corrected chi connectivity index (χ2v) is 5.85. The molecule has 110 valence electrons. The third-order valence-corrected chi connectivity index (χ3v) is 3.48. The third kappa shape index (κ3) is 2.31. The lowest BCUT2D eigenvalue weighted by molar-refractivity contribution is 0.0790. The lowest BCUT2D eigenvalue weighted by Gasteiger charge is -2.18. The maximum atomic E-state index is 10.2. The van der Waals surface area contributed by atoms with Crippen molar-refractivity contribution in [1.29, 1.82) is 0 Å². The number of nitrogens with zero attached hydrogens (tertiary/aromatic N) is 4. The van der Waals surface area contributed by atoms with Crippen LogP contribution in [0.2, 0.25) is 0 Å². The van der Waals surface area contributed by atoms with Crippen LogP contribution in [0.1, 0.15) is 26.5 Å². The summed E-state index contributed by atoms with van der Waals surface area (Å²) in [7, 11) is 0. The number of fused-ring (bicyclic) bond motifs is 3. The second kappa shape index (κ2) is 4.66. The Morgan fingerprint density at radius 1 is 1.38 bits per heavy atom. The molecular weight excluding hydrogens is 266 g/mol. The van der Waals surface area contributed by atoms with Gasteiger partial charge >= 0.3 is 0 Å². The Balaban J connectivity index is 2.43. The van der Waals surface area contributed by atoms with E-state index < -0.39 is 5.60 Å². The first-order valence-electron chi connectivity index (χ1n) is 7.02. The highest BCUT2D eigenvalue weighted by Crippen LogP contribution is 2.31. The van der Waals surface area contributed by atoms with Gasteiger partial charge in [0.15, 0.2) is 11.5 Å². The van der Waals surface area contributed by atoms with E-state index in [1.807, 2.05) is 23.7 Å². The van der Waals surface area contributed by atoms with Gasteiger partial charge in [-0.1, -0.05) is 0 Å². The predicted molar refractivity (Wildman–Crippen MR) is 82.9 cm³/mol. The number of aromatic nitrogens is 4. The molecule has 0 spiro atoms. The van der Waals surface area contributed by atoms with Gasteiger partial charge in [0.05, 0.1) is 5.60 Å². The molecule has 3 N–H and O–H groups in total. The first-order chi connectivity index (χ1) is 9.90. The number of pyridine rings is 2. The smallest absolute Gasteiger partial charge is 0.162 e. The summed E-state index contributed by atoms with van der Waals surface area (Å²) < 4.78 is 1.88. The molecule has 6 heteroatoms. The van der Waals surface area contributed by atoms with Crippen LogP contribution in [0, 0.1) is 0 Å². The zero-order chi connectivity index (χ0) is 15.2. The van der Waals surface area contributed by atoms with Gasteiger partial charge < -0.3 is 10.8 Å². The summed E-state index contributed by atoms with van der Waals surface area (Å²) >= 11 is 0. The van der Waals surface area contributed by atoms with Crippen molar-refractivity contribution in [3.05, 3.63) is 24.0 Å². The van der Waals surface area contributed by atoms with Crippen LogP contribution in [0.25, 0.3) is 21.9 Å². The summed E-state index contributed by atoms with van der Waals surface area (Å²) in [5.41, 5.74) is 7.46. The molecule has 3 aromatic heterocycles. The van der Waals surface area contributed by atoms with Gasteiger partial charge in [-0.3, -0.25) is 4.68 Å². The fourth-order valence-electron chi connectivity index (χ4n) is 2.66. The van der Waals surface area contributed by atoms with Crippen LogP contribution >= 0.6 is 0 Å². The quantitative estimate of drug-likeness (QED) is 0.767. The predicted octanol–water partition coefficient (Wildman–Crippen LogP) is 1.90. The average Bonchev–Trinajstić information content (AvgIpc) is 2.76. The summed E-state index contributed by atoms with van der Waals surface area (Å²) in [5.74, 6) is 0.375. The zero-order valence-corrected chi connectivity index (χ0v) is 12.5. The Hall–Kier alpha value is -2.21. The van der Waals surface area contributed by atoms with Crippen molar-refractivity contribution in [3.63, 3.8) is 0 Å². The summed E-state index contributed by atoms with van der Waals surface area (Å²) in [6.45, 7) is 6.30. The van der Waals surface area contributed by atoms with Crippen LogP contribution in [-0.2, 0) is 13.0 Å². The summed E-state index contributed by atoms with van der Waals surface area (Å²) in [5, 5.41) is 16.6. The molecule has 0 amide bonds. The van der Waals surface area contributed by atoms with Gasteiger partial charge in [0.25, 0.3) is 0 Å². The number of hydrogen-bond acceptors (Lipinski definition) is 5. The van der Waals surface area contributed by atoms with Crippen LogP contribution in [0.15, 0.2) is 18.3 Å². The van der Waals surface area contributed by atoms with E-state index in [0.717, 1.165) is 16.5 Å². The first-order valence-corrected chi connectivity index (χ1v) is 7.02. The molecule has 0 radical (unpaired) electrons. The molecule has 0 aliphatic heterocycles. The fraction of sp³-hybridized carbons (Fsp3) is 0.400. The van der Waals surface area contributed by atoms with Gasteiger partial charge in [-0.2, -0.15) is 5.10 Å². The monoisotopic (exact) mass is 285 g/mol. The number of rotatable bonds is 3. The molecular formula is C15H19N5O. The van der Waals surface area contributed by atoms with Crippen molar-refractivity contribution in [2.75, 3.05) is 5.73 Å². The number of aryl methyl sites for hydroxylation is 1. The summed E-state index contributed by atoms with van der Waals surface area (Å²) in [6.07, 6.45) is 2.19. The largest absolute Gasteiger partial charge is 0.390 e. The Labute approximate surface area is 122 Å². The minimum atomic E-state index is -0.827. The normalized spacial score (nSPS) is 12.4. The first kappa shape index (κ1) is 13.8. The molecule has 21 heavy (non-hydrogen) atoms. The van der Waals surface area contributed by atoms with E-state index in [4.69, 9.17) is 5.73 Å². The van der Waals surface area contributed by atoms with E-state index in [1.54, 1.807) is 20.0 Å². The van der Waals surface area contributed by atoms with Gasteiger partial charge in [0.2, 0.25) is 0 Å². The minimum absolute atomic E-state index is 0.375. The van der Waals surface area contributed by atoms with Crippen LogP contribution in [-0.4, -0.2) is 30.5 Å². The van der Waals surface area contributed by atoms with Gasteiger partial charge in [-0.15, -0.1) is 0 Å². The minimum Gasteiger partial charge on any atom is -0.390 e. The molecule has 0 aliphatic carbocycles. The average molecular weight is 285 g/mol. The van der Waals surface area contributed by atoms with E-state index in [9.17, 15) is 5.11 Å². The van der Waals surface area contributed by atoms with Crippen molar-refractivity contribution in [2.45, 2.75) is 39.3 Å². The van der Waals surface area contributed by atoms with Crippen molar-refractivity contribution in [2.24, 2.45) is 0 Å². The lowest BCUT2D eigenvalue weighted by Crippen LogP contribution is -2.24. The number of nitrogen functional groups attached to an aromatic ring is 1. The molecule has 0 atom stereocenters.